The monoisotopic (exact) mass is 391 g/mol. The standard InChI is InChI=1S/C18H22ClN5OS/c19-15-5-1-3-12(9-15)16-22-23-17(26-16)21-18(25)24-8-2-4-14(11-24)13-6-7-20-10-13/h1,3,5,9,13-14,20H,2,4,6-8,10-11H2,(H,21,23,25). The molecule has 26 heavy (non-hydrogen) atoms. The third-order valence-electron chi connectivity index (χ3n) is 5.22. The summed E-state index contributed by atoms with van der Waals surface area (Å²) < 4.78 is 0. The number of hydrogen-bond donors (Lipinski definition) is 2. The summed E-state index contributed by atoms with van der Waals surface area (Å²) >= 11 is 7.39. The van der Waals surface area contributed by atoms with Crippen molar-refractivity contribution in [1.29, 1.82) is 0 Å². The van der Waals surface area contributed by atoms with E-state index in [1.54, 1.807) is 0 Å². The molecule has 2 saturated heterocycles. The van der Waals surface area contributed by atoms with Crippen molar-refractivity contribution in [2.24, 2.45) is 11.8 Å². The third-order valence-corrected chi connectivity index (χ3v) is 6.34. The van der Waals surface area contributed by atoms with Crippen LogP contribution < -0.4 is 10.6 Å². The van der Waals surface area contributed by atoms with Gasteiger partial charge in [0.1, 0.15) is 5.01 Å². The van der Waals surface area contributed by atoms with Crippen molar-refractivity contribution in [3.05, 3.63) is 29.3 Å². The van der Waals surface area contributed by atoms with Gasteiger partial charge in [-0.05, 0) is 56.3 Å². The highest BCUT2D eigenvalue weighted by atomic mass is 35.5. The Morgan fingerprint density at radius 1 is 1.31 bits per heavy atom. The molecule has 138 valence electrons. The van der Waals surface area contributed by atoms with E-state index in [1.807, 2.05) is 29.2 Å². The number of likely N-dealkylation sites (tertiary alicyclic amines) is 1. The fourth-order valence-corrected chi connectivity index (χ4v) is 4.76. The molecule has 2 aromatic rings. The van der Waals surface area contributed by atoms with Crippen molar-refractivity contribution >= 4 is 34.1 Å². The van der Waals surface area contributed by atoms with Crippen molar-refractivity contribution in [1.82, 2.24) is 20.4 Å². The molecule has 0 aliphatic carbocycles. The van der Waals surface area contributed by atoms with Crippen LogP contribution in [-0.4, -0.2) is 47.3 Å². The highest BCUT2D eigenvalue weighted by molar-refractivity contribution is 7.18. The molecule has 0 radical (unpaired) electrons. The molecule has 0 spiro atoms. The van der Waals surface area contributed by atoms with E-state index in [0.29, 0.717) is 22.0 Å². The average molecular weight is 392 g/mol. The number of nitrogens with one attached hydrogen (secondary N) is 2. The van der Waals surface area contributed by atoms with Gasteiger partial charge in [0.05, 0.1) is 0 Å². The van der Waals surface area contributed by atoms with Gasteiger partial charge in [0, 0.05) is 23.7 Å². The first-order valence-electron chi connectivity index (χ1n) is 9.05. The van der Waals surface area contributed by atoms with Crippen LogP contribution >= 0.6 is 22.9 Å². The smallest absolute Gasteiger partial charge is 0.323 e. The predicted octanol–water partition coefficient (Wildman–Crippen LogP) is 3.71. The molecule has 4 rings (SSSR count). The maximum absolute atomic E-state index is 12.6. The molecule has 1 aromatic heterocycles. The lowest BCUT2D eigenvalue weighted by atomic mass is 9.85. The van der Waals surface area contributed by atoms with Crippen molar-refractivity contribution < 1.29 is 4.79 Å². The summed E-state index contributed by atoms with van der Waals surface area (Å²) in [6, 6.07) is 7.40. The summed E-state index contributed by atoms with van der Waals surface area (Å²) in [6.07, 6.45) is 3.51. The van der Waals surface area contributed by atoms with Crippen LogP contribution in [0.25, 0.3) is 10.6 Å². The van der Waals surface area contributed by atoms with Gasteiger partial charge in [-0.1, -0.05) is 35.1 Å². The number of carbonyl (C=O) groups is 1. The lowest BCUT2D eigenvalue weighted by molar-refractivity contribution is 0.154. The van der Waals surface area contributed by atoms with E-state index in [2.05, 4.69) is 20.8 Å². The largest absolute Gasteiger partial charge is 0.324 e. The normalized spacial score (nSPS) is 23.2. The second kappa shape index (κ2) is 7.90. The Morgan fingerprint density at radius 2 is 2.23 bits per heavy atom. The molecule has 0 bridgehead atoms. The Labute approximate surface area is 161 Å². The molecule has 2 fully saturated rings. The minimum atomic E-state index is -0.0746. The summed E-state index contributed by atoms with van der Waals surface area (Å²) in [5.74, 6) is 1.29. The number of anilines is 1. The Bertz CT molecular complexity index is 776. The second-order valence-corrected chi connectivity index (χ2v) is 8.37. The van der Waals surface area contributed by atoms with Gasteiger partial charge in [0.25, 0.3) is 0 Å². The summed E-state index contributed by atoms with van der Waals surface area (Å²) in [4.78, 5) is 14.6. The zero-order chi connectivity index (χ0) is 17.9. The van der Waals surface area contributed by atoms with Crippen LogP contribution in [0, 0.1) is 11.8 Å². The van der Waals surface area contributed by atoms with Crippen molar-refractivity contribution in [3.8, 4) is 10.6 Å². The van der Waals surface area contributed by atoms with Gasteiger partial charge in [0.2, 0.25) is 5.13 Å². The van der Waals surface area contributed by atoms with Crippen molar-refractivity contribution in [2.45, 2.75) is 19.3 Å². The molecule has 1 aromatic carbocycles. The van der Waals surface area contributed by atoms with Crippen LogP contribution in [0.3, 0.4) is 0 Å². The molecule has 2 N–H and O–H groups in total. The zero-order valence-electron chi connectivity index (χ0n) is 14.4. The highest BCUT2D eigenvalue weighted by Gasteiger charge is 2.31. The van der Waals surface area contributed by atoms with E-state index in [9.17, 15) is 4.79 Å². The predicted molar refractivity (Wildman–Crippen MR) is 105 cm³/mol. The van der Waals surface area contributed by atoms with Crippen LogP contribution in [0.15, 0.2) is 24.3 Å². The number of nitrogens with zero attached hydrogens (tertiary/aromatic N) is 3. The topological polar surface area (TPSA) is 70.2 Å². The zero-order valence-corrected chi connectivity index (χ0v) is 16.0. The molecule has 0 saturated carbocycles. The SMILES string of the molecule is O=C(Nc1nnc(-c2cccc(Cl)c2)s1)N1CCCC(C2CCNC2)C1. The minimum absolute atomic E-state index is 0.0746. The first kappa shape index (κ1) is 17.7. The lowest BCUT2D eigenvalue weighted by Gasteiger charge is -2.35. The van der Waals surface area contributed by atoms with E-state index in [0.717, 1.165) is 43.2 Å². The van der Waals surface area contributed by atoms with Gasteiger partial charge >= 0.3 is 6.03 Å². The van der Waals surface area contributed by atoms with Crippen molar-refractivity contribution in [3.63, 3.8) is 0 Å². The van der Waals surface area contributed by atoms with E-state index in [4.69, 9.17) is 11.6 Å². The number of halogens is 1. The average Bonchev–Trinajstić information content (AvgIpc) is 3.34. The number of amides is 2. The number of hydrogen-bond acceptors (Lipinski definition) is 5. The first-order chi connectivity index (χ1) is 12.7. The van der Waals surface area contributed by atoms with Crippen LogP contribution in [-0.2, 0) is 0 Å². The van der Waals surface area contributed by atoms with Gasteiger partial charge in [0.15, 0.2) is 0 Å². The maximum Gasteiger partial charge on any atom is 0.323 e. The Hall–Kier alpha value is -1.70. The molecule has 2 amide bonds. The van der Waals surface area contributed by atoms with E-state index in [-0.39, 0.29) is 6.03 Å². The van der Waals surface area contributed by atoms with Crippen molar-refractivity contribution in [2.75, 3.05) is 31.5 Å². The number of urea groups is 1. The quantitative estimate of drug-likeness (QED) is 0.836. The van der Waals surface area contributed by atoms with Gasteiger partial charge < -0.3 is 10.2 Å². The summed E-state index contributed by atoms with van der Waals surface area (Å²) in [5, 5.41) is 16.5. The molecule has 2 atom stereocenters. The molecule has 8 heteroatoms. The fourth-order valence-electron chi connectivity index (χ4n) is 3.84. The molecular weight excluding hydrogens is 370 g/mol. The summed E-state index contributed by atoms with van der Waals surface area (Å²) in [5.41, 5.74) is 0.905. The molecule has 3 heterocycles. The summed E-state index contributed by atoms with van der Waals surface area (Å²) in [7, 11) is 0. The third kappa shape index (κ3) is 4.00. The molecule has 2 unspecified atom stereocenters. The van der Waals surface area contributed by atoms with Crippen LogP contribution in [0.2, 0.25) is 5.02 Å². The number of rotatable bonds is 3. The Kier molecular flexibility index (Phi) is 5.38. The molecule has 2 aliphatic heterocycles. The highest BCUT2D eigenvalue weighted by Crippen LogP contribution is 2.30. The van der Waals surface area contributed by atoms with Gasteiger partial charge in [-0.3, -0.25) is 5.32 Å². The molecular formula is C18H22ClN5OS. The second-order valence-electron chi connectivity index (χ2n) is 6.95. The Morgan fingerprint density at radius 3 is 3.04 bits per heavy atom. The number of piperidine rings is 1. The summed E-state index contributed by atoms with van der Waals surface area (Å²) in [6.45, 7) is 3.82. The fraction of sp³-hybridized carbons (Fsp3) is 0.500. The number of carbonyl (C=O) groups excluding carboxylic acids is 1. The van der Waals surface area contributed by atoms with Gasteiger partial charge in [-0.15, -0.1) is 10.2 Å². The maximum atomic E-state index is 12.6. The molecule has 2 aliphatic rings. The van der Waals surface area contributed by atoms with Crippen LogP contribution in [0.4, 0.5) is 9.93 Å². The lowest BCUT2D eigenvalue weighted by Crippen LogP contribution is -2.44. The van der Waals surface area contributed by atoms with E-state index in [1.165, 1.54) is 24.2 Å². The van der Waals surface area contributed by atoms with Crippen LogP contribution in [0.5, 0.6) is 0 Å². The Balaban J connectivity index is 1.38. The van der Waals surface area contributed by atoms with E-state index >= 15 is 0 Å². The molecule has 6 nitrogen and oxygen atoms in total. The van der Waals surface area contributed by atoms with Gasteiger partial charge in [-0.2, -0.15) is 0 Å². The number of aromatic nitrogens is 2. The number of benzene rings is 1. The minimum Gasteiger partial charge on any atom is -0.324 e. The van der Waals surface area contributed by atoms with E-state index < -0.39 is 0 Å². The van der Waals surface area contributed by atoms with Gasteiger partial charge in [-0.25, -0.2) is 4.79 Å². The first-order valence-corrected chi connectivity index (χ1v) is 10.2. The van der Waals surface area contributed by atoms with Crippen LogP contribution in [0.1, 0.15) is 19.3 Å².